The molecule has 0 aliphatic carbocycles. The minimum absolute atomic E-state index is 0.0424. The van der Waals surface area contributed by atoms with Crippen molar-refractivity contribution in [1.29, 1.82) is 0 Å². The van der Waals surface area contributed by atoms with Crippen molar-refractivity contribution >= 4 is 23.1 Å². The fourth-order valence-corrected chi connectivity index (χ4v) is 4.23. The molecule has 1 aliphatic rings. The highest BCUT2D eigenvalue weighted by Gasteiger charge is 2.47. The van der Waals surface area contributed by atoms with E-state index in [4.69, 9.17) is 18.9 Å². The lowest BCUT2D eigenvalue weighted by atomic mass is 9.94. The van der Waals surface area contributed by atoms with E-state index in [0.717, 1.165) is 0 Å². The first-order chi connectivity index (χ1) is 17.4. The van der Waals surface area contributed by atoms with Crippen LogP contribution in [0.5, 0.6) is 23.0 Å². The molecule has 1 amide bonds. The average Bonchev–Trinajstić information content (AvgIpc) is 3.18. The summed E-state index contributed by atoms with van der Waals surface area (Å²) in [6, 6.07) is 17.7. The second-order valence-corrected chi connectivity index (χ2v) is 7.94. The van der Waals surface area contributed by atoms with Gasteiger partial charge < -0.3 is 24.1 Å². The second kappa shape index (κ2) is 10.4. The van der Waals surface area contributed by atoms with Gasteiger partial charge in [0.05, 0.1) is 39.6 Å². The number of benzene rings is 3. The van der Waals surface area contributed by atoms with Crippen molar-refractivity contribution in [3.05, 3.63) is 83.4 Å². The van der Waals surface area contributed by atoms with Crippen molar-refractivity contribution < 1.29 is 33.6 Å². The number of ether oxygens (including phenoxy) is 4. The maximum absolute atomic E-state index is 13.4. The van der Waals surface area contributed by atoms with Crippen molar-refractivity contribution in [3.8, 4) is 23.0 Å². The van der Waals surface area contributed by atoms with Gasteiger partial charge in [0.15, 0.2) is 11.5 Å². The zero-order valence-electron chi connectivity index (χ0n) is 20.5. The normalized spacial score (nSPS) is 16.7. The lowest BCUT2D eigenvalue weighted by Gasteiger charge is -2.26. The van der Waals surface area contributed by atoms with Crippen LogP contribution in [0.3, 0.4) is 0 Å². The number of hydrogen-bond donors (Lipinski definition) is 1. The molecule has 4 rings (SSSR count). The summed E-state index contributed by atoms with van der Waals surface area (Å²) in [7, 11) is 4.56. The lowest BCUT2D eigenvalue weighted by Crippen LogP contribution is -2.29. The Hall–Kier alpha value is -4.46. The largest absolute Gasteiger partial charge is 0.507 e. The van der Waals surface area contributed by atoms with E-state index in [1.54, 1.807) is 66.7 Å². The summed E-state index contributed by atoms with van der Waals surface area (Å²) in [4.78, 5) is 28.1. The third kappa shape index (κ3) is 4.45. The number of anilines is 1. The third-order valence-corrected chi connectivity index (χ3v) is 5.94. The number of Topliss-reactive ketones (excluding diaryl/α,β-unsaturated/α-hetero) is 1. The number of amides is 1. The van der Waals surface area contributed by atoms with E-state index < -0.39 is 17.7 Å². The van der Waals surface area contributed by atoms with Crippen molar-refractivity contribution in [3.63, 3.8) is 0 Å². The molecule has 1 heterocycles. The van der Waals surface area contributed by atoms with Gasteiger partial charge in [0, 0.05) is 17.3 Å². The van der Waals surface area contributed by atoms with E-state index in [1.807, 2.05) is 6.92 Å². The number of hydrogen-bond acceptors (Lipinski definition) is 7. The Morgan fingerprint density at radius 2 is 1.58 bits per heavy atom. The fourth-order valence-electron chi connectivity index (χ4n) is 4.23. The molecule has 0 saturated carbocycles. The van der Waals surface area contributed by atoms with Crippen LogP contribution in [0.2, 0.25) is 0 Å². The number of rotatable bonds is 8. The van der Waals surface area contributed by atoms with Gasteiger partial charge >= 0.3 is 0 Å². The molecule has 186 valence electrons. The number of methoxy groups -OCH3 is 3. The van der Waals surface area contributed by atoms with Crippen LogP contribution in [0.25, 0.3) is 5.76 Å². The van der Waals surface area contributed by atoms with Crippen LogP contribution >= 0.6 is 0 Å². The van der Waals surface area contributed by atoms with Crippen molar-refractivity contribution in [1.82, 2.24) is 0 Å². The smallest absolute Gasteiger partial charge is 0.300 e. The van der Waals surface area contributed by atoms with Gasteiger partial charge in [-0.15, -0.1) is 0 Å². The number of aliphatic hydroxyl groups is 1. The highest BCUT2D eigenvalue weighted by Crippen LogP contribution is 2.44. The van der Waals surface area contributed by atoms with E-state index >= 15 is 0 Å². The molecule has 3 aromatic carbocycles. The first-order valence-electron chi connectivity index (χ1n) is 11.3. The van der Waals surface area contributed by atoms with Crippen LogP contribution in [-0.2, 0) is 9.59 Å². The Balaban J connectivity index is 1.94. The molecule has 1 aliphatic heterocycles. The van der Waals surface area contributed by atoms with Crippen LogP contribution < -0.4 is 23.8 Å². The molecule has 1 atom stereocenters. The monoisotopic (exact) mass is 489 g/mol. The first kappa shape index (κ1) is 24.7. The SMILES string of the molecule is CCOc1cccc(N2C(=O)C(=O)/C(=C(\O)c3ccc(OC)cc3)C2c2ccc(OC)c(OC)c2)c1. The molecule has 8 nitrogen and oxygen atoms in total. The van der Waals surface area contributed by atoms with Gasteiger partial charge in [-0.25, -0.2) is 0 Å². The van der Waals surface area contributed by atoms with E-state index in [9.17, 15) is 14.7 Å². The van der Waals surface area contributed by atoms with Gasteiger partial charge in [0.1, 0.15) is 17.3 Å². The van der Waals surface area contributed by atoms with Crippen molar-refractivity contribution in [2.45, 2.75) is 13.0 Å². The maximum Gasteiger partial charge on any atom is 0.300 e. The molecule has 0 spiro atoms. The molecule has 0 bridgehead atoms. The van der Waals surface area contributed by atoms with E-state index in [-0.39, 0.29) is 11.3 Å². The topological polar surface area (TPSA) is 94.5 Å². The molecule has 1 N–H and O–H groups in total. The number of aliphatic hydroxyl groups excluding tert-OH is 1. The summed E-state index contributed by atoms with van der Waals surface area (Å²) in [5.74, 6) is 0.205. The fraction of sp³-hybridized carbons (Fsp3) is 0.214. The Morgan fingerprint density at radius 3 is 2.22 bits per heavy atom. The summed E-state index contributed by atoms with van der Waals surface area (Å²) in [6.45, 7) is 2.30. The number of ketones is 1. The van der Waals surface area contributed by atoms with Crippen LogP contribution in [0.4, 0.5) is 5.69 Å². The number of carbonyl (C=O) groups is 2. The number of carbonyl (C=O) groups excluding carboxylic acids is 2. The second-order valence-electron chi connectivity index (χ2n) is 7.94. The third-order valence-electron chi connectivity index (χ3n) is 5.94. The van der Waals surface area contributed by atoms with Gasteiger partial charge in [0.2, 0.25) is 0 Å². The summed E-state index contributed by atoms with van der Waals surface area (Å²) < 4.78 is 21.6. The molecule has 1 fully saturated rings. The van der Waals surface area contributed by atoms with E-state index in [0.29, 0.717) is 46.4 Å². The van der Waals surface area contributed by atoms with Gasteiger partial charge in [-0.3, -0.25) is 14.5 Å². The van der Waals surface area contributed by atoms with Gasteiger partial charge in [0.25, 0.3) is 11.7 Å². The predicted molar refractivity (Wildman–Crippen MR) is 135 cm³/mol. The highest BCUT2D eigenvalue weighted by molar-refractivity contribution is 6.51. The molecule has 1 saturated heterocycles. The van der Waals surface area contributed by atoms with Gasteiger partial charge in [-0.1, -0.05) is 12.1 Å². The van der Waals surface area contributed by atoms with E-state index in [1.165, 1.54) is 26.2 Å². The van der Waals surface area contributed by atoms with Crippen LogP contribution in [0.15, 0.2) is 72.3 Å². The molecular formula is C28H27NO7. The van der Waals surface area contributed by atoms with Gasteiger partial charge in [-0.05, 0) is 61.0 Å². The molecule has 0 aromatic heterocycles. The van der Waals surface area contributed by atoms with Crippen LogP contribution in [0, 0.1) is 0 Å². The van der Waals surface area contributed by atoms with E-state index in [2.05, 4.69) is 0 Å². The summed E-state index contributed by atoms with van der Waals surface area (Å²) in [6.07, 6.45) is 0. The predicted octanol–water partition coefficient (Wildman–Crippen LogP) is 4.74. The molecule has 8 heteroatoms. The lowest BCUT2D eigenvalue weighted by molar-refractivity contribution is -0.132. The quantitative estimate of drug-likeness (QED) is 0.278. The van der Waals surface area contributed by atoms with Crippen LogP contribution in [0.1, 0.15) is 24.1 Å². The number of nitrogens with zero attached hydrogens (tertiary/aromatic N) is 1. The van der Waals surface area contributed by atoms with Crippen molar-refractivity contribution in [2.75, 3.05) is 32.8 Å². The zero-order valence-corrected chi connectivity index (χ0v) is 20.5. The first-order valence-corrected chi connectivity index (χ1v) is 11.3. The Bertz CT molecular complexity index is 1310. The van der Waals surface area contributed by atoms with Crippen molar-refractivity contribution in [2.24, 2.45) is 0 Å². The van der Waals surface area contributed by atoms with Gasteiger partial charge in [-0.2, -0.15) is 0 Å². The molecule has 36 heavy (non-hydrogen) atoms. The summed E-state index contributed by atoms with van der Waals surface area (Å²) in [5.41, 5.74) is 1.35. The Kier molecular flexibility index (Phi) is 7.15. The average molecular weight is 490 g/mol. The maximum atomic E-state index is 13.4. The molecular weight excluding hydrogens is 462 g/mol. The minimum Gasteiger partial charge on any atom is -0.507 e. The zero-order chi connectivity index (χ0) is 25.8. The molecule has 0 radical (unpaired) electrons. The molecule has 1 unspecified atom stereocenters. The summed E-state index contributed by atoms with van der Waals surface area (Å²) >= 11 is 0. The Labute approximate surface area is 209 Å². The Morgan fingerprint density at radius 1 is 0.861 bits per heavy atom. The van der Waals surface area contributed by atoms with Crippen LogP contribution in [-0.4, -0.2) is 44.7 Å². The minimum atomic E-state index is -0.927. The summed E-state index contributed by atoms with van der Waals surface area (Å²) in [5, 5.41) is 11.3. The standard InChI is InChI=1S/C28H27NO7/c1-5-36-21-8-6-7-19(16-21)29-25(18-11-14-22(34-3)23(15-18)35-4)24(27(31)28(29)32)26(30)17-9-12-20(33-2)13-10-17/h6-16,25,30H,5H2,1-4H3/b26-24-. The molecule has 3 aromatic rings. The highest BCUT2D eigenvalue weighted by atomic mass is 16.5.